The molecule has 5 nitrogen and oxygen atoms in total. The molecule has 8 heteroatoms. The molecule has 0 fully saturated rings. The van der Waals surface area contributed by atoms with Gasteiger partial charge in [-0.25, -0.2) is 9.67 Å². The van der Waals surface area contributed by atoms with E-state index < -0.39 is 6.55 Å². The summed E-state index contributed by atoms with van der Waals surface area (Å²) >= 11 is 6.23. The summed E-state index contributed by atoms with van der Waals surface area (Å²) in [6, 6.07) is 6.77. The van der Waals surface area contributed by atoms with Crippen LogP contribution in [0.3, 0.4) is 0 Å². The largest absolute Gasteiger partial charge is 0.333 e. The molecule has 0 spiro atoms. The third-order valence-electron chi connectivity index (χ3n) is 3.64. The van der Waals surface area contributed by atoms with E-state index in [0.29, 0.717) is 31.8 Å². The SMILES string of the molecule is Cc1ccc2nn(C(F)F)c(-c3cc(Cl)c4[nH]ncc4c3)c2n1. The highest BCUT2D eigenvalue weighted by atomic mass is 35.5. The Morgan fingerprint density at radius 3 is 2.87 bits per heavy atom. The lowest BCUT2D eigenvalue weighted by molar-refractivity contribution is 0.0592. The summed E-state index contributed by atoms with van der Waals surface area (Å²) in [5.41, 5.74) is 2.97. The predicted octanol–water partition coefficient (Wildman–Crippen LogP) is 4.33. The van der Waals surface area contributed by atoms with Gasteiger partial charge in [0, 0.05) is 16.6 Å². The monoisotopic (exact) mass is 333 g/mol. The summed E-state index contributed by atoms with van der Waals surface area (Å²) in [5, 5.41) is 11.8. The molecule has 1 aromatic carbocycles. The van der Waals surface area contributed by atoms with Gasteiger partial charge in [-0.1, -0.05) is 11.6 Å². The van der Waals surface area contributed by atoms with Crippen molar-refractivity contribution < 1.29 is 8.78 Å². The summed E-state index contributed by atoms with van der Waals surface area (Å²) < 4.78 is 27.5. The van der Waals surface area contributed by atoms with Crippen molar-refractivity contribution in [3.63, 3.8) is 0 Å². The van der Waals surface area contributed by atoms with Crippen molar-refractivity contribution in [3.05, 3.63) is 41.2 Å². The number of benzene rings is 1. The molecule has 0 saturated carbocycles. The number of rotatable bonds is 2. The molecule has 3 aromatic heterocycles. The molecule has 116 valence electrons. The first-order chi connectivity index (χ1) is 11.0. The quantitative estimate of drug-likeness (QED) is 0.594. The van der Waals surface area contributed by atoms with Gasteiger partial charge >= 0.3 is 6.55 Å². The van der Waals surface area contributed by atoms with Gasteiger partial charge in [0.1, 0.15) is 16.7 Å². The normalized spacial score (nSPS) is 11.9. The second-order valence-corrected chi connectivity index (χ2v) is 5.59. The van der Waals surface area contributed by atoms with Crippen molar-refractivity contribution in [1.29, 1.82) is 0 Å². The minimum absolute atomic E-state index is 0.240. The van der Waals surface area contributed by atoms with Gasteiger partial charge in [-0.05, 0) is 31.2 Å². The van der Waals surface area contributed by atoms with E-state index in [4.69, 9.17) is 11.6 Å². The number of aromatic amines is 1. The lowest BCUT2D eigenvalue weighted by Crippen LogP contribution is -2.02. The number of pyridine rings is 1. The Bertz CT molecular complexity index is 1040. The predicted molar refractivity (Wildman–Crippen MR) is 83.6 cm³/mol. The van der Waals surface area contributed by atoms with Gasteiger partial charge in [-0.3, -0.25) is 5.10 Å². The van der Waals surface area contributed by atoms with E-state index in [9.17, 15) is 8.78 Å². The average molecular weight is 334 g/mol. The molecular weight excluding hydrogens is 324 g/mol. The van der Waals surface area contributed by atoms with E-state index in [1.54, 1.807) is 37.4 Å². The summed E-state index contributed by atoms with van der Waals surface area (Å²) in [6.07, 6.45) is 1.59. The fourth-order valence-corrected chi connectivity index (χ4v) is 2.91. The van der Waals surface area contributed by atoms with Crippen molar-refractivity contribution >= 4 is 33.5 Å². The number of aryl methyl sites for hydroxylation is 1. The summed E-state index contributed by atoms with van der Waals surface area (Å²) in [4.78, 5) is 4.37. The second-order valence-electron chi connectivity index (χ2n) is 5.18. The van der Waals surface area contributed by atoms with Crippen LogP contribution >= 0.6 is 11.6 Å². The molecule has 0 radical (unpaired) electrons. The number of aromatic nitrogens is 5. The highest BCUT2D eigenvalue weighted by molar-refractivity contribution is 6.35. The molecule has 0 aliphatic heterocycles. The Balaban J connectivity index is 2.09. The van der Waals surface area contributed by atoms with Gasteiger partial charge in [0.15, 0.2) is 0 Å². The van der Waals surface area contributed by atoms with Crippen LogP contribution in [0.5, 0.6) is 0 Å². The van der Waals surface area contributed by atoms with E-state index in [1.807, 2.05) is 0 Å². The highest BCUT2D eigenvalue weighted by Crippen LogP contribution is 2.35. The standard InChI is InChI=1S/C15H10ClF2N5/c1-7-2-3-11-13(20-7)14(23(22-11)15(17)18)8-4-9-6-19-21-12(9)10(16)5-8/h2-6,15H,1H3,(H,19,21). The van der Waals surface area contributed by atoms with Crippen LogP contribution in [0.15, 0.2) is 30.5 Å². The fourth-order valence-electron chi connectivity index (χ4n) is 2.64. The molecule has 23 heavy (non-hydrogen) atoms. The number of nitrogens with one attached hydrogen (secondary N) is 1. The second kappa shape index (κ2) is 4.99. The number of fused-ring (bicyclic) bond motifs is 2. The van der Waals surface area contributed by atoms with Crippen LogP contribution in [0, 0.1) is 6.92 Å². The molecule has 0 amide bonds. The van der Waals surface area contributed by atoms with Gasteiger partial charge in [0.2, 0.25) is 0 Å². The molecule has 3 heterocycles. The Labute approximate surface area is 133 Å². The van der Waals surface area contributed by atoms with Crippen molar-refractivity contribution in [2.24, 2.45) is 0 Å². The third-order valence-corrected chi connectivity index (χ3v) is 3.94. The third kappa shape index (κ3) is 2.16. The van der Waals surface area contributed by atoms with Crippen molar-refractivity contribution in [3.8, 4) is 11.3 Å². The van der Waals surface area contributed by atoms with Crippen molar-refractivity contribution in [2.45, 2.75) is 13.5 Å². The maximum Gasteiger partial charge on any atom is 0.333 e. The fraction of sp³-hybridized carbons (Fsp3) is 0.133. The molecule has 0 saturated heterocycles. The Kier molecular flexibility index (Phi) is 3.05. The zero-order valence-corrected chi connectivity index (χ0v) is 12.6. The molecule has 0 bridgehead atoms. The minimum atomic E-state index is -2.78. The smallest absolute Gasteiger partial charge is 0.276 e. The molecule has 0 unspecified atom stereocenters. The number of halogens is 3. The first kappa shape index (κ1) is 14.1. The van der Waals surface area contributed by atoms with Crippen LogP contribution in [-0.2, 0) is 0 Å². The van der Waals surface area contributed by atoms with E-state index in [-0.39, 0.29) is 5.69 Å². The highest BCUT2D eigenvalue weighted by Gasteiger charge is 2.21. The summed E-state index contributed by atoms with van der Waals surface area (Å²) in [7, 11) is 0. The number of H-pyrrole nitrogens is 1. The molecule has 4 aromatic rings. The van der Waals surface area contributed by atoms with E-state index in [2.05, 4.69) is 20.3 Å². The average Bonchev–Trinajstić information content (AvgIpc) is 3.10. The minimum Gasteiger partial charge on any atom is -0.276 e. The van der Waals surface area contributed by atoms with Crippen molar-refractivity contribution in [2.75, 3.05) is 0 Å². The summed E-state index contributed by atoms with van der Waals surface area (Å²) in [6.45, 7) is -0.979. The molecule has 0 aliphatic rings. The topological polar surface area (TPSA) is 59.4 Å². The lowest BCUT2D eigenvalue weighted by Gasteiger charge is -2.07. The molecule has 0 atom stereocenters. The van der Waals surface area contributed by atoms with E-state index >= 15 is 0 Å². The van der Waals surface area contributed by atoms with Gasteiger partial charge in [-0.15, -0.1) is 0 Å². The first-order valence-electron chi connectivity index (χ1n) is 6.81. The molecule has 4 rings (SSSR count). The van der Waals surface area contributed by atoms with Crippen LogP contribution in [0.4, 0.5) is 8.78 Å². The van der Waals surface area contributed by atoms with Gasteiger partial charge in [0.25, 0.3) is 0 Å². The summed E-state index contributed by atoms with van der Waals surface area (Å²) in [5.74, 6) is 0. The van der Waals surface area contributed by atoms with Crippen LogP contribution in [0.25, 0.3) is 33.2 Å². The Morgan fingerprint density at radius 2 is 2.09 bits per heavy atom. The number of hydrogen-bond acceptors (Lipinski definition) is 3. The molecular formula is C15H10ClF2N5. The molecule has 1 N–H and O–H groups in total. The van der Waals surface area contributed by atoms with Gasteiger partial charge < -0.3 is 0 Å². The Morgan fingerprint density at radius 1 is 1.26 bits per heavy atom. The number of hydrogen-bond donors (Lipinski definition) is 1. The lowest BCUT2D eigenvalue weighted by atomic mass is 10.1. The number of nitrogens with zero attached hydrogens (tertiary/aromatic N) is 4. The molecule has 0 aliphatic carbocycles. The first-order valence-corrected chi connectivity index (χ1v) is 7.19. The Hall–Kier alpha value is -2.54. The van der Waals surface area contributed by atoms with Crippen LogP contribution in [-0.4, -0.2) is 25.0 Å². The van der Waals surface area contributed by atoms with Crippen LogP contribution in [0.1, 0.15) is 12.2 Å². The van der Waals surface area contributed by atoms with Crippen molar-refractivity contribution in [1.82, 2.24) is 25.0 Å². The van der Waals surface area contributed by atoms with Gasteiger partial charge in [-0.2, -0.15) is 19.0 Å². The maximum atomic E-state index is 13.4. The van der Waals surface area contributed by atoms with E-state index in [1.165, 1.54) is 0 Å². The zero-order chi connectivity index (χ0) is 16.1. The zero-order valence-electron chi connectivity index (χ0n) is 11.9. The van der Waals surface area contributed by atoms with Crippen LogP contribution < -0.4 is 0 Å². The number of alkyl halides is 2. The van der Waals surface area contributed by atoms with E-state index in [0.717, 1.165) is 11.1 Å². The van der Waals surface area contributed by atoms with Crippen LogP contribution in [0.2, 0.25) is 5.02 Å². The maximum absolute atomic E-state index is 13.4. The van der Waals surface area contributed by atoms with Gasteiger partial charge in [0.05, 0.1) is 16.7 Å².